The van der Waals surface area contributed by atoms with E-state index in [1.807, 2.05) is 25.1 Å². The van der Waals surface area contributed by atoms with Gasteiger partial charge in [-0.15, -0.1) is 0 Å². The maximum atomic E-state index is 12.1. The number of rotatable bonds is 5. The lowest BCUT2D eigenvalue weighted by molar-refractivity contribution is 0.109. The molecule has 0 amide bonds. The highest BCUT2D eigenvalue weighted by Crippen LogP contribution is 2.36. The molecule has 2 atom stereocenters. The maximum absolute atomic E-state index is 12.1. The standard InChI is InChI=1S/C24H33N3O3S/c1-17-5-7-22(18(2)13-17)26-11-9-25(10-12-26)16-24(28)20-6-8-23-21(15-20)14-19(3)27(23)31(4,29)30/h5-8,13,15,19,24,28H,9-12,14,16H2,1-4H3/t19-,24+/m0/s1. The molecule has 0 unspecified atom stereocenters. The molecule has 2 aromatic carbocycles. The summed E-state index contributed by atoms with van der Waals surface area (Å²) in [7, 11) is -3.30. The molecule has 0 saturated carbocycles. The number of aliphatic hydroxyl groups is 1. The monoisotopic (exact) mass is 443 g/mol. The topological polar surface area (TPSA) is 64.1 Å². The molecule has 0 spiro atoms. The third-order valence-electron chi connectivity index (χ3n) is 6.50. The summed E-state index contributed by atoms with van der Waals surface area (Å²) >= 11 is 0. The maximum Gasteiger partial charge on any atom is 0.232 e. The SMILES string of the molecule is Cc1ccc(N2CCN(C[C@@H](O)c3ccc4c(c3)C[C@H](C)N4S(C)(=O)=O)CC2)c(C)c1. The summed E-state index contributed by atoms with van der Waals surface area (Å²) in [6, 6.07) is 12.2. The predicted octanol–water partition coefficient (Wildman–Crippen LogP) is 2.87. The number of anilines is 2. The zero-order chi connectivity index (χ0) is 22.3. The van der Waals surface area contributed by atoms with Crippen molar-refractivity contribution < 1.29 is 13.5 Å². The summed E-state index contributed by atoms with van der Waals surface area (Å²) in [5, 5.41) is 10.9. The third-order valence-corrected chi connectivity index (χ3v) is 7.77. The van der Waals surface area contributed by atoms with Crippen LogP contribution >= 0.6 is 0 Å². The number of sulfonamides is 1. The first-order valence-corrected chi connectivity index (χ1v) is 12.8. The van der Waals surface area contributed by atoms with Crippen LogP contribution < -0.4 is 9.21 Å². The number of β-amino-alcohol motifs (C(OH)–C–C–N with tert-alkyl or cyclic N) is 1. The summed E-state index contributed by atoms with van der Waals surface area (Å²) < 4.78 is 25.7. The molecule has 0 aliphatic carbocycles. The average molecular weight is 444 g/mol. The van der Waals surface area contributed by atoms with Gasteiger partial charge in [0.1, 0.15) is 0 Å². The van der Waals surface area contributed by atoms with E-state index in [4.69, 9.17) is 0 Å². The number of nitrogens with zero attached hydrogens (tertiary/aromatic N) is 3. The van der Waals surface area contributed by atoms with Crippen LogP contribution in [0.5, 0.6) is 0 Å². The molecular formula is C24H33N3O3S. The second-order valence-corrected chi connectivity index (χ2v) is 11.0. The van der Waals surface area contributed by atoms with E-state index in [2.05, 4.69) is 41.8 Å². The Morgan fingerprint density at radius 3 is 2.35 bits per heavy atom. The van der Waals surface area contributed by atoms with Crippen LogP contribution in [0, 0.1) is 13.8 Å². The fourth-order valence-electron chi connectivity index (χ4n) is 5.02. The van der Waals surface area contributed by atoms with E-state index in [0.717, 1.165) is 43.0 Å². The second kappa shape index (κ2) is 8.45. The molecule has 31 heavy (non-hydrogen) atoms. The van der Waals surface area contributed by atoms with Crippen LogP contribution in [0.3, 0.4) is 0 Å². The van der Waals surface area contributed by atoms with Crippen LogP contribution in [0.4, 0.5) is 11.4 Å². The minimum Gasteiger partial charge on any atom is -0.387 e. The number of hydrogen-bond acceptors (Lipinski definition) is 5. The molecule has 2 aromatic rings. The van der Waals surface area contributed by atoms with E-state index in [1.165, 1.54) is 27.4 Å². The summed E-state index contributed by atoms with van der Waals surface area (Å²) in [5.41, 5.74) is 6.49. The summed E-state index contributed by atoms with van der Waals surface area (Å²) in [5.74, 6) is 0. The molecule has 2 aliphatic rings. The number of hydrogen-bond donors (Lipinski definition) is 1. The number of fused-ring (bicyclic) bond motifs is 1. The zero-order valence-corrected chi connectivity index (χ0v) is 19.7. The zero-order valence-electron chi connectivity index (χ0n) is 18.9. The van der Waals surface area contributed by atoms with Gasteiger partial charge in [0.2, 0.25) is 10.0 Å². The van der Waals surface area contributed by atoms with E-state index < -0.39 is 16.1 Å². The van der Waals surface area contributed by atoms with E-state index >= 15 is 0 Å². The number of piperazine rings is 1. The minimum absolute atomic E-state index is 0.0873. The van der Waals surface area contributed by atoms with Gasteiger partial charge in [-0.25, -0.2) is 8.42 Å². The minimum atomic E-state index is -3.30. The van der Waals surface area contributed by atoms with Crippen molar-refractivity contribution in [3.8, 4) is 0 Å². The second-order valence-electron chi connectivity index (χ2n) is 9.09. The van der Waals surface area contributed by atoms with Crippen molar-refractivity contribution in [3.05, 3.63) is 58.7 Å². The van der Waals surface area contributed by atoms with E-state index in [9.17, 15) is 13.5 Å². The van der Waals surface area contributed by atoms with Crippen LogP contribution in [0.25, 0.3) is 0 Å². The van der Waals surface area contributed by atoms with E-state index in [0.29, 0.717) is 13.0 Å². The van der Waals surface area contributed by atoms with Crippen LogP contribution in [-0.2, 0) is 16.4 Å². The summed E-state index contributed by atoms with van der Waals surface area (Å²) in [6.45, 7) is 10.5. The summed E-state index contributed by atoms with van der Waals surface area (Å²) in [6.07, 6.45) is 1.34. The fraction of sp³-hybridized carbons (Fsp3) is 0.500. The Kier molecular flexibility index (Phi) is 6.03. The van der Waals surface area contributed by atoms with Crippen LogP contribution in [-0.4, -0.2) is 63.4 Å². The van der Waals surface area contributed by atoms with Gasteiger partial charge in [-0.2, -0.15) is 0 Å². The normalized spacial score (nSPS) is 20.7. The summed E-state index contributed by atoms with van der Waals surface area (Å²) in [4.78, 5) is 4.73. The van der Waals surface area contributed by atoms with Crippen molar-refractivity contribution in [2.45, 2.75) is 39.3 Å². The van der Waals surface area contributed by atoms with Crippen molar-refractivity contribution in [1.29, 1.82) is 0 Å². The smallest absolute Gasteiger partial charge is 0.232 e. The van der Waals surface area contributed by atoms with Crippen molar-refractivity contribution in [2.24, 2.45) is 0 Å². The highest BCUT2D eigenvalue weighted by molar-refractivity contribution is 7.92. The van der Waals surface area contributed by atoms with Crippen LogP contribution in [0.2, 0.25) is 0 Å². The molecule has 1 saturated heterocycles. The average Bonchev–Trinajstić information content (AvgIpc) is 3.04. The lowest BCUT2D eigenvalue weighted by atomic mass is 10.0. The van der Waals surface area contributed by atoms with Gasteiger partial charge in [-0.1, -0.05) is 29.8 Å². The molecule has 7 heteroatoms. The molecular weight excluding hydrogens is 410 g/mol. The van der Waals surface area contributed by atoms with Crippen LogP contribution in [0.1, 0.15) is 35.3 Å². The number of benzene rings is 2. The van der Waals surface area contributed by atoms with Gasteiger partial charge in [-0.3, -0.25) is 9.21 Å². The van der Waals surface area contributed by atoms with Gasteiger partial charge in [0.05, 0.1) is 18.0 Å². The van der Waals surface area contributed by atoms with Gasteiger partial charge in [0.15, 0.2) is 0 Å². The molecule has 168 valence electrons. The largest absolute Gasteiger partial charge is 0.387 e. The van der Waals surface area contributed by atoms with Crippen molar-refractivity contribution in [2.75, 3.05) is 48.2 Å². The van der Waals surface area contributed by atoms with E-state index in [1.54, 1.807) is 0 Å². The van der Waals surface area contributed by atoms with Gasteiger partial charge in [0.25, 0.3) is 0 Å². The Morgan fingerprint density at radius 2 is 1.71 bits per heavy atom. The van der Waals surface area contributed by atoms with Gasteiger partial charge in [-0.05, 0) is 56.0 Å². The molecule has 6 nitrogen and oxygen atoms in total. The first kappa shape index (κ1) is 22.1. The molecule has 0 bridgehead atoms. The van der Waals surface area contributed by atoms with E-state index in [-0.39, 0.29) is 6.04 Å². The molecule has 4 rings (SSSR count). The molecule has 1 fully saturated rings. The Labute approximate surface area is 186 Å². The Hall–Kier alpha value is -2.09. The Morgan fingerprint density at radius 1 is 1.03 bits per heavy atom. The van der Waals surface area contributed by atoms with Gasteiger partial charge in [0, 0.05) is 44.5 Å². The molecule has 2 aliphatic heterocycles. The van der Waals surface area contributed by atoms with Gasteiger partial charge >= 0.3 is 0 Å². The Balaban J connectivity index is 1.39. The molecule has 0 radical (unpaired) electrons. The first-order valence-electron chi connectivity index (χ1n) is 11.0. The molecule has 2 heterocycles. The number of aryl methyl sites for hydroxylation is 2. The van der Waals surface area contributed by atoms with Crippen molar-refractivity contribution >= 4 is 21.4 Å². The molecule has 0 aromatic heterocycles. The van der Waals surface area contributed by atoms with Crippen molar-refractivity contribution in [3.63, 3.8) is 0 Å². The predicted molar refractivity (Wildman–Crippen MR) is 126 cm³/mol. The van der Waals surface area contributed by atoms with Gasteiger partial charge < -0.3 is 10.0 Å². The first-order chi connectivity index (χ1) is 14.6. The van der Waals surface area contributed by atoms with Crippen LogP contribution in [0.15, 0.2) is 36.4 Å². The third kappa shape index (κ3) is 4.59. The quantitative estimate of drug-likeness (QED) is 0.770. The lowest BCUT2D eigenvalue weighted by Crippen LogP contribution is -2.47. The Bertz CT molecular complexity index is 1060. The highest BCUT2D eigenvalue weighted by atomic mass is 32.2. The number of aliphatic hydroxyl groups excluding tert-OH is 1. The lowest BCUT2D eigenvalue weighted by Gasteiger charge is -2.37. The fourth-order valence-corrected chi connectivity index (χ4v) is 6.28. The molecule has 1 N–H and O–H groups in total. The van der Waals surface area contributed by atoms with Crippen molar-refractivity contribution in [1.82, 2.24) is 4.90 Å². The highest BCUT2D eigenvalue weighted by Gasteiger charge is 2.33.